The summed E-state index contributed by atoms with van der Waals surface area (Å²) in [6.45, 7) is 0.249. The molecule has 102 valence electrons. The first-order valence-electron chi connectivity index (χ1n) is 5.63. The number of nitrogens with one attached hydrogen (secondary N) is 2. The Morgan fingerprint density at radius 2 is 2.42 bits per heavy atom. The van der Waals surface area contributed by atoms with E-state index in [0.717, 1.165) is 0 Å². The van der Waals surface area contributed by atoms with Gasteiger partial charge in [-0.15, -0.1) is 0 Å². The maximum Gasteiger partial charge on any atom is 0.326 e. The number of amides is 2. The lowest BCUT2D eigenvalue weighted by molar-refractivity contribution is -0.139. The summed E-state index contributed by atoms with van der Waals surface area (Å²) in [5.74, 6) is -1.13. The molecule has 3 N–H and O–H groups in total. The van der Waals surface area contributed by atoms with Crippen LogP contribution in [0.1, 0.15) is 12.1 Å². The third-order valence-electron chi connectivity index (χ3n) is 2.48. The third-order valence-corrected chi connectivity index (χ3v) is 2.48. The van der Waals surface area contributed by atoms with Crippen molar-refractivity contribution in [2.24, 2.45) is 0 Å². The topological polar surface area (TPSA) is 122 Å². The van der Waals surface area contributed by atoms with Crippen molar-refractivity contribution >= 4 is 12.0 Å². The van der Waals surface area contributed by atoms with Crippen LogP contribution in [-0.2, 0) is 11.2 Å². The Morgan fingerprint density at radius 3 is 2.95 bits per heavy atom. The molecular formula is C11H15N5O3. The largest absolute Gasteiger partial charge is 0.480 e. The SMILES string of the molecule is CN(CCC#N)C(=O)N[C@H](Cc1cnc[nH]1)C(=O)O. The molecule has 1 heterocycles. The minimum absolute atomic E-state index is 0.118. The predicted molar refractivity (Wildman–Crippen MR) is 65.1 cm³/mol. The van der Waals surface area contributed by atoms with Crippen molar-refractivity contribution < 1.29 is 14.7 Å². The van der Waals surface area contributed by atoms with E-state index >= 15 is 0 Å². The molecule has 1 aromatic rings. The van der Waals surface area contributed by atoms with Crippen molar-refractivity contribution in [2.75, 3.05) is 13.6 Å². The van der Waals surface area contributed by atoms with Crippen molar-refractivity contribution in [3.05, 3.63) is 18.2 Å². The molecule has 8 heteroatoms. The van der Waals surface area contributed by atoms with E-state index in [4.69, 9.17) is 10.4 Å². The molecule has 0 aliphatic heterocycles. The Balaban J connectivity index is 2.56. The van der Waals surface area contributed by atoms with Crippen molar-refractivity contribution in [3.63, 3.8) is 0 Å². The number of rotatable bonds is 6. The van der Waals surface area contributed by atoms with Gasteiger partial charge in [-0.25, -0.2) is 14.6 Å². The van der Waals surface area contributed by atoms with Gasteiger partial charge in [0, 0.05) is 31.9 Å². The molecule has 8 nitrogen and oxygen atoms in total. The molecule has 0 spiro atoms. The van der Waals surface area contributed by atoms with E-state index in [-0.39, 0.29) is 19.4 Å². The van der Waals surface area contributed by atoms with Crippen LogP contribution in [-0.4, -0.2) is 51.6 Å². The fourth-order valence-corrected chi connectivity index (χ4v) is 1.39. The van der Waals surface area contributed by atoms with Gasteiger partial charge >= 0.3 is 12.0 Å². The van der Waals surface area contributed by atoms with E-state index in [0.29, 0.717) is 5.69 Å². The zero-order valence-electron chi connectivity index (χ0n) is 10.5. The molecule has 2 amide bonds. The molecule has 0 bridgehead atoms. The number of imidazole rings is 1. The number of hydrogen-bond acceptors (Lipinski definition) is 4. The summed E-state index contributed by atoms with van der Waals surface area (Å²) in [5.41, 5.74) is 0.618. The van der Waals surface area contributed by atoms with Crippen LogP contribution in [0.5, 0.6) is 0 Å². The van der Waals surface area contributed by atoms with Gasteiger partial charge in [-0.3, -0.25) is 0 Å². The number of carbonyl (C=O) groups is 2. The van der Waals surface area contributed by atoms with Gasteiger partial charge in [0.05, 0.1) is 18.8 Å². The summed E-state index contributed by atoms with van der Waals surface area (Å²) in [6.07, 6.45) is 3.26. The molecule has 0 radical (unpaired) electrons. The summed E-state index contributed by atoms with van der Waals surface area (Å²) in [4.78, 5) is 30.6. The van der Waals surface area contributed by atoms with Gasteiger partial charge < -0.3 is 20.3 Å². The van der Waals surface area contributed by atoms with Crippen molar-refractivity contribution in [1.29, 1.82) is 5.26 Å². The molecular weight excluding hydrogens is 250 g/mol. The van der Waals surface area contributed by atoms with Crippen LogP contribution in [0.25, 0.3) is 0 Å². The molecule has 0 unspecified atom stereocenters. The number of urea groups is 1. The van der Waals surface area contributed by atoms with E-state index in [2.05, 4.69) is 15.3 Å². The molecule has 0 aliphatic rings. The second kappa shape index (κ2) is 7.00. The van der Waals surface area contributed by atoms with E-state index in [1.165, 1.54) is 24.5 Å². The van der Waals surface area contributed by atoms with E-state index in [1.54, 1.807) is 0 Å². The Kier molecular flexibility index (Phi) is 5.35. The number of carboxylic acids is 1. The number of nitriles is 1. The molecule has 0 aliphatic carbocycles. The third kappa shape index (κ3) is 4.67. The van der Waals surface area contributed by atoms with Gasteiger partial charge in [0.2, 0.25) is 0 Å². The summed E-state index contributed by atoms with van der Waals surface area (Å²) in [5, 5.41) is 19.9. The second-order valence-electron chi connectivity index (χ2n) is 3.95. The lowest BCUT2D eigenvalue weighted by Crippen LogP contribution is -2.47. The van der Waals surface area contributed by atoms with Crippen LogP contribution in [0.4, 0.5) is 4.79 Å². The summed E-state index contributed by atoms with van der Waals surface area (Å²) < 4.78 is 0. The van der Waals surface area contributed by atoms with Crippen molar-refractivity contribution in [3.8, 4) is 6.07 Å². The first-order chi connectivity index (χ1) is 9.04. The van der Waals surface area contributed by atoms with Crippen molar-refractivity contribution in [2.45, 2.75) is 18.9 Å². The van der Waals surface area contributed by atoms with Crippen LogP contribution in [0.3, 0.4) is 0 Å². The number of aromatic amines is 1. The Bertz CT molecular complexity index is 465. The Labute approximate surface area is 110 Å². The number of H-pyrrole nitrogens is 1. The standard InChI is InChI=1S/C11H15N5O3/c1-16(4-2-3-12)11(19)15-9(10(17)18)5-8-6-13-7-14-8/h6-7,9H,2,4-5H2,1H3,(H,13,14)(H,15,19)(H,17,18)/t9-/m1/s1. The lowest BCUT2D eigenvalue weighted by Gasteiger charge is -2.20. The normalized spacial score (nSPS) is 11.4. The average Bonchev–Trinajstić information content (AvgIpc) is 2.87. The molecule has 1 aromatic heterocycles. The maximum atomic E-state index is 11.7. The first-order valence-corrected chi connectivity index (χ1v) is 5.63. The van der Waals surface area contributed by atoms with E-state index in [1.807, 2.05) is 6.07 Å². The summed E-state index contributed by atoms with van der Waals surface area (Å²) >= 11 is 0. The van der Waals surface area contributed by atoms with Crippen LogP contribution in [0.15, 0.2) is 12.5 Å². The number of aromatic nitrogens is 2. The van der Waals surface area contributed by atoms with Gasteiger partial charge in [-0.05, 0) is 0 Å². The first kappa shape index (κ1) is 14.5. The molecule has 19 heavy (non-hydrogen) atoms. The van der Waals surface area contributed by atoms with E-state index < -0.39 is 18.0 Å². The zero-order valence-corrected chi connectivity index (χ0v) is 10.5. The molecule has 1 rings (SSSR count). The highest BCUT2D eigenvalue weighted by molar-refractivity contribution is 5.82. The number of hydrogen-bond donors (Lipinski definition) is 3. The van der Waals surface area contributed by atoms with Crippen molar-refractivity contribution in [1.82, 2.24) is 20.2 Å². The minimum Gasteiger partial charge on any atom is -0.480 e. The predicted octanol–water partition coefficient (Wildman–Crippen LogP) is -0.0395. The summed E-state index contributed by atoms with van der Waals surface area (Å²) in [7, 11) is 1.50. The Morgan fingerprint density at radius 1 is 1.68 bits per heavy atom. The molecule has 1 atom stereocenters. The average molecular weight is 265 g/mol. The fourth-order valence-electron chi connectivity index (χ4n) is 1.39. The highest BCUT2D eigenvalue weighted by atomic mass is 16.4. The number of nitrogens with zero attached hydrogens (tertiary/aromatic N) is 3. The van der Waals surface area contributed by atoms with Crippen LogP contribution < -0.4 is 5.32 Å². The zero-order chi connectivity index (χ0) is 14.3. The van der Waals surface area contributed by atoms with Gasteiger partial charge in [0.15, 0.2) is 0 Å². The summed E-state index contributed by atoms with van der Waals surface area (Å²) in [6, 6.07) is 0.345. The van der Waals surface area contributed by atoms with Gasteiger partial charge in [-0.2, -0.15) is 5.26 Å². The fraction of sp³-hybridized carbons (Fsp3) is 0.455. The highest BCUT2D eigenvalue weighted by Gasteiger charge is 2.22. The molecule has 0 aromatic carbocycles. The smallest absolute Gasteiger partial charge is 0.326 e. The van der Waals surface area contributed by atoms with Gasteiger partial charge in [0.25, 0.3) is 0 Å². The number of aliphatic carboxylic acids is 1. The molecule has 0 saturated heterocycles. The molecule has 0 fully saturated rings. The van der Waals surface area contributed by atoms with Crippen LogP contribution in [0.2, 0.25) is 0 Å². The van der Waals surface area contributed by atoms with Crippen LogP contribution >= 0.6 is 0 Å². The van der Waals surface area contributed by atoms with Crippen LogP contribution in [0, 0.1) is 11.3 Å². The number of carboxylic acid groups (broad SMARTS) is 1. The monoisotopic (exact) mass is 265 g/mol. The highest BCUT2D eigenvalue weighted by Crippen LogP contribution is 2.00. The Hall–Kier alpha value is -2.56. The quantitative estimate of drug-likeness (QED) is 0.666. The van der Waals surface area contributed by atoms with E-state index in [9.17, 15) is 9.59 Å². The minimum atomic E-state index is -1.13. The lowest BCUT2D eigenvalue weighted by atomic mass is 10.1. The van der Waals surface area contributed by atoms with Gasteiger partial charge in [-0.1, -0.05) is 0 Å². The number of carbonyl (C=O) groups excluding carboxylic acids is 1. The van der Waals surface area contributed by atoms with Gasteiger partial charge in [0.1, 0.15) is 6.04 Å². The maximum absolute atomic E-state index is 11.7. The second-order valence-corrected chi connectivity index (χ2v) is 3.95. The molecule has 0 saturated carbocycles.